The van der Waals surface area contributed by atoms with Gasteiger partial charge < -0.3 is 4.74 Å². The summed E-state index contributed by atoms with van der Waals surface area (Å²) in [5.41, 5.74) is 1.52. The van der Waals surface area contributed by atoms with Gasteiger partial charge in [0.25, 0.3) is 0 Å². The van der Waals surface area contributed by atoms with E-state index in [-0.39, 0.29) is 5.78 Å². The smallest absolute Gasteiger partial charge is 0.173 e. The number of rotatable bonds is 4. The third-order valence-corrected chi connectivity index (χ3v) is 2.81. The molecular weight excluding hydrogens is 279 g/mol. The molecule has 0 heterocycles. The maximum Gasteiger partial charge on any atom is 0.173 e. The molecule has 0 radical (unpaired) electrons. The topological polar surface area (TPSA) is 26.3 Å². The van der Waals surface area contributed by atoms with Gasteiger partial charge in [-0.3, -0.25) is 4.79 Å². The Bertz CT molecular complexity index is 377. The predicted molar refractivity (Wildman–Crippen MR) is 65.5 cm³/mol. The van der Waals surface area contributed by atoms with Crippen molar-refractivity contribution in [3.05, 3.63) is 28.3 Å². The van der Waals surface area contributed by atoms with Crippen LogP contribution in [0.3, 0.4) is 0 Å². The number of ether oxygens (including phenoxy) is 1. The fourth-order valence-corrected chi connectivity index (χ4v) is 1.81. The molecule has 1 rings (SSSR count). The highest BCUT2D eigenvalue weighted by molar-refractivity contribution is 9.09. The first-order chi connectivity index (χ1) is 7.10. The molecule has 15 heavy (non-hydrogen) atoms. The van der Waals surface area contributed by atoms with Gasteiger partial charge in [0.1, 0.15) is 5.75 Å². The van der Waals surface area contributed by atoms with E-state index in [2.05, 4.69) is 15.9 Å². The average molecular weight is 292 g/mol. The summed E-state index contributed by atoms with van der Waals surface area (Å²) in [5.74, 6) is 0.653. The SMILES string of the molecule is CCOc1cc(C)c(C(=O)CBr)cc1Cl. The fourth-order valence-electron chi connectivity index (χ4n) is 1.29. The second kappa shape index (κ2) is 5.52. The lowest BCUT2D eigenvalue weighted by atomic mass is 10.1. The van der Waals surface area contributed by atoms with Gasteiger partial charge in [-0.1, -0.05) is 27.5 Å². The quantitative estimate of drug-likeness (QED) is 0.625. The Labute approximate surface area is 103 Å². The van der Waals surface area contributed by atoms with Crippen molar-refractivity contribution >= 4 is 33.3 Å². The number of hydrogen-bond donors (Lipinski definition) is 0. The van der Waals surface area contributed by atoms with Crippen LogP contribution in [0.5, 0.6) is 5.75 Å². The molecule has 0 aliphatic rings. The van der Waals surface area contributed by atoms with Crippen molar-refractivity contribution < 1.29 is 9.53 Å². The van der Waals surface area contributed by atoms with Crippen LogP contribution in [0, 0.1) is 6.92 Å². The van der Waals surface area contributed by atoms with E-state index in [1.807, 2.05) is 13.8 Å². The number of alkyl halides is 1. The number of benzene rings is 1. The molecule has 0 aliphatic carbocycles. The van der Waals surface area contributed by atoms with Crippen LogP contribution < -0.4 is 4.74 Å². The molecule has 1 aromatic carbocycles. The molecule has 0 bridgehead atoms. The number of aryl methyl sites for hydroxylation is 1. The number of ketones is 1. The first-order valence-corrected chi connectivity index (χ1v) is 6.12. The minimum absolute atomic E-state index is 0.0254. The van der Waals surface area contributed by atoms with E-state index in [9.17, 15) is 4.79 Å². The Morgan fingerprint density at radius 2 is 2.20 bits per heavy atom. The maximum atomic E-state index is 11.5. The van der Waals surface area contributed by atoms with Crippen LogP contribution in [-0.2, 0) is 0 Å². The van der Waals surface area contributed by atoms with Gasteiger partial charge in [0.05, 0.1) is 17.0 Å². The normalized spacial score (nSPS) is 10.1. The number of hydrogen-bond acceptors (Lipinski definition) is 2. The molecule has 0 N–H and O–H groups in total. The number of Topliss-reactive ketones (excluding diaryl/α,β-unsaturated/α-hetero) is 1. The van der Waals surface area contributed by atoms with Crippen molar-refractivity contribution in [3.8, 4) is 5.75 Å². The zero-order chi connectivity index (χ0) is 11.4. The van der Waals surface area contributed by atoms with E-state index in [0.29, 0.717) is 28.3 Å². The summed E-state index contributed by atoms with van der Waals surface area (Å²) in [6.07, 6.45) is 0. The molecule has 0 spiro atoms. The van der Waals surface area contributed by atoms with Crippen molar-refractivity contribution in [1.82, 2.24) is 0 Å². The molecule has 0 unspecified atom stereocenters. The van der Waals surface area contributed by atoms with Gasteiger partial charge in [0.15, 0.2) is 5.78 Å². The van der Waals surface area contributed by atoms with E-state index >= 15 is 0 Å². The molecule has 0 aromatic heterocycles. The van der Waals surface area contributed by atoms with Gasteiger partial charge in [0.2, 0.25) is 0 Å². The van der Waals surface area contributed by atoms with Gasteiger partial charge >= 0.3 is 0 Å². The summed E-state index contributed by atoms with van der Waals surface area (Å²) >= 11 is 9.12. The Morgan fingerprint density at radius 1 is 1.53 bits per heavy atom. The molecule has 0 saturated heterocycles. The molecule has 82 valence electrons. The van der Waals surface area contributed by atoms with E-state index < -0.39 is 0 Å². The predicted octanol–water partition coefficient (Wildman–Crippen LogP) is 3.62. The van der Waals surface area contributed by atoms with Crippen molar-refractivity contribution in [3.63, 3.8) is 0 Å². The first-order valence-electron chi connectivity index (χ1n) is 4.62. The fraction of sp³-hybridized carbons (Fsp3) is 0.364. The molecule has 1 aromatic rings. The van der Waals surface area contributed by atoms with Crippen LogP contribution in [0.2, 0.25) is 5.02 Å². The third kappa shape index (κ3) is 2.95. The van der Waals surface area contributed by atoms with E-state index in [0.717, 1.165) is 5.56 Å². The minimum Gasteiger partial charge on any atom is -0.492 e. The van der Waals surface area contributed by atoms with Crippen LogP contribution in [0.25, 0.3) is 0 Å². The third-order valence-electron chi connectivity index (χ3n) is 2.00. The summed E-state index contributed by atoms with van der Waals surface area (Å²) in [6.45, 7) is 4.32. The standard InChI is InChI=1S/C11H12BrClO2/c1-3-15-11-4-7(2)8(5-9(11)13)10(14)6-12/h4-5H,3,6H2,1-2H3. The van der Waals surface area contributed by atoms with E-state index in [1.165, 1.54) is 0 Å². The molecule has 0 atom stereocenters. The van der Waals surface area contributed by atoms with Gasteiger partial charge in [-0.15, -0.1) is 0 Å². The largest absolute Gasteiger partial charge is 0.492 e. The number of halogens is 2. The van der Waals surface area contributed by atoms with Crippen LogP contribution in [0.15, 0.2) is 12.1 Å². The molecule has 4 heteroatoms. The van der Waals surface area contributed by atoms with Gasteiger partial charge in [-0.05, 0) is 31.5 Å². The lowest BCUT2D eigenvalue weighted by molar-refractivity contribution is 0.102. The lowest BCUT2D eigenvalue weighted by Gasteiger charge is -2.09. The van der Waals surface area contributed by atoms with Gasteiger partial charge in [-0.25, -0.2) is 0 Å². The second-order valence-electron chi connectivity index (χ2n) is 3.09. The second-order valence-corrected chi connectivity index (χ2v) is 4.06. The number of carbonyl (C=O) groups excluding carboxylic acids is 1. The van der Waals surface area contributed by atoms with E-state index in [1.54, 1.807) is 12.1 Å². The van der Waals surface area contributed by atoms with Crippen molar-refractivity contribution in [1.29, 1.82) is 0 Å². The highest BCUT2D eigenvalue weighted by Crippen LogP contribution is 2.28. The molecular formula is C11H12BrClO2. The van der Waals surface area contributed by atoms with Crippen LogP contribution in [0.1, 0.15) is 22.8 Å². The number of carbonyl (C=O) groups is 1. The van der Waals surface area contributed by atoms with Crippen molar-refractivity contribution in [2.45, 2.75) is 13.8 Å². The van der Waals surface area contributed by atoms with Gasteiger partial charge in [-0.2, -0.15) is 0 Å². The minimum atomic E-state index is 0.0254. The first kappa shape index (κ1) is 12.5. The van der Waals surface area contributed by atoms with Crippen molar-refractivity contribution in [2.75, 3.05) is 11.9 Å². The zero-order valence-electron chi connectivity index (χ0n) is 8.64. The zero-order valence-corrected chi connectivity index (χ0v) is 11.0. The summed E-state index contributed by atoms with van der Waals surface area (Å²) in [5, 5.41) is 0.782. The van der Waals surface area contributed by atoms with Crippen molar-refractivity contribution in [2.24, 2.45) is 0 Å². The maximum absolute atomic E-state index is 11.5. The summed E-state index contributed by atoms with van der Waals surface area (Å²) in [6, 6.07) is 3.45. The highest BCUT2D eigenvalue weighted by Gasteiger charge is 2.11. The Kier molecular flexibility index (Phi) is 4.61. The average Bonchev–Trinajstić information content (AvgIpc) is 2.22. The lowest BCUT2D eigenvalue weighted by Crippen LogP contribution is -2.04. The highest BCUT2D eigenvalue weighted by atomic mass is 79.9. The Hall–Kier alpha value is -0.540. The summed E-state index contributed by atoms with van der Waals surface area (Å²) < 4.78 is 5.33. The van der Waals surface area contributed by atoms with Crippen LogP contribution >= 0.6 is 27.5 Å². The Balaban J connectivity index is 3.13. The summed E-state index contributed by atoms with van der Waals surface area (Å²) in [7, 11) is 0. The Morgan fingerprint density at radius 3 is 2.73 bits per heavy atom. The molecule has 0 amide bonds. The molecule has 0 saturated carbocycles. The van der Waals surface area contributed by atoms with E-state index in [4.69, 9.17) is 16.3 Å². The summed E-state index contributed by atoms with van der Waals surface area (Å²) in [4.78, 5) is 11.5. The monoisotopic (exact) mass is 290 g/mol. The van der Waals surface area contributed by atoms with Crippen LogP contribution in [0.4, 0.5) is 0 Å². The van der Waals surface area contributed by atoms with Crippen LogP contribution in [-0.4, -0.2) is 17.7 Å². The molecule has 0 fully saturated rings. The van der Waals surface area contributed by atoms with Gasteiger partial charge in [0, 0.05) is 5.56 Å². The molecule has 0 aliphatic heterocycles. The molecule has 2 nitrogen and oxygen atoms in total.